The van der Waals surface area contributed by atoms with Crippen molar-refractivity contribution in [3.63, 3.8) is 0 Å². The summed E-state index contributed by atoms with van der Waals surface area (Å²) >= 11 is 0. The van der Waals surface area contributed by atoms with E-state index in [1.165, 1.54) is 0 Å². The Morgan fingerprint density at radius 2 is 0.952 bits per heavy atom. The van der Waals surface area contributed by atoms with E-state index in [0.29, 0.717) is 6.23 Å². The second-order valence-corrected chi connectivity index (χ2v) is 25.2. The molecule has 0 rings (SSSR count). The Kier molecular flexibility index (Phi) is 8.27. The Labute approximate surface area is 136 Å². The van der Waals surface area contributed by atoms with Crippen molar-refractivity contribution < 1.29 is 17.1 Å². The van der Waals surface area contributed by atoms with E-state index < -0.39 is 33.8 Å². The zero-order chi connectivity index (χ0) is 16.9. The second kappa shape index (κ2) is 8.00. The first-order valence-corrected chi connectivity index (χ1v) is 20.0. The lowest BCUT2D eigenvalue weighted by molar-refractivity contribution is 0.119. The van der Waals surface area contributed by atoms with Crippen molar-refractivity contribution in [3.8, 4) is 0 Å². The molecule has 0 aliphatic rings. The molecule has 0 unspecified atom stereocenters. The maximum atomic E-state index is 6.50. The molecule has 0 fully saturated rings. The molecule has 0 aliphatic carbocycles. The average Bonchev–Trinajstić information content (AvgIpc) is 2.08. The largest absolute Gasteiger partial charge is 0.496 e. The van der Waals surface area contributed by atoms with Gasteiger partial charge in [0.1, 0.15) is 6.23 Å². The fourth-order valence-electron chi connectivity index (χ4n) is 1.89. The van der Waals surface area contributed by atoms with Gasteiger partial charge in [0.05, 0.1) is 0 Å². The van der Waals surface area contributed by atoms with E-state index in [-0.39, 0.29) is 0 Å². The molecule has 0 bridgehead atoms. The predicted molar refractivity (Wildman–Crippen MR) is 100 cm³/mol. The summed E-state index contributed by atoms with van der Waals surface area (Å²) in [6, 6.07) is 0. The second-order valence-electron chi connectivity index (χ2n) is 8.38. The highest BCUT2D eigenvalue weighted by Gasteiger charge is 2.50. The van der Waals surface area contributed by atoms with Gasteiger partial charge in [-0.15, -0.1) is 0 Å². The van der Waals surface area contributed by atoms with Crippen LogP contribution >= 0.6 is 0 Å². The van der Waals surface area contributed by atoms with E-state index >= 15 is 0 Å². The third-order valence-electron chi connectivity index (χ3n) is 2.01. The number of hydrogen-bond donors (Lipinski definition) is 0. The first kappa shape index (κ1) is 21.7. The van der Waals surface area contributed by atoms with Gasteiger partial charge in [0.25, 0.3) is 0 Å². The lowest BCUT2D eigenvalue weighted by Crippen LogP contribution is -2.63. The first-order valence-electron chi connectivity index (χ1n) is 7.86. The van der Waals surface area contributed by atoms with E-state index in [0.717, 1.165) is 13.0 Å². The zero-order valence-corrected chi connectivity index (χ0v) is 19.8. The molecule has 0 atom stereocenters. The van der Waals surface area contributed by atoms with Crippen LogP contribution in [0.5, 0.6) is 0 Å². The van der Waals surface area contributed by atoms with Crippen molar-refractivity contribution in [2.24, 2.45) is 0 Å². The van der Waals surface area contributed by atoms with Crippen LogP contribution in [0.1, 0.15) is 13.3 Å². The van der Waals surface area contributed by atoms with Gasteiger partial charge in [-0.2, -0.15) is 0 Å². The van der Waals surface area contributed by atoms with E-state index in [4.69, 9.17) is 17.1 Å². The molecule has 0 aromatic rings. The summed E-state index contributed by atoms with van der Waals surface area (Å²) in [7, 11) is -8.10. The van der Waals surface area contributed by atoms with Crippen LogP contribution in [0.25, 0.3) is 0 Å². The van der Waals surface area contributed by atoms with Gasteiger partial charge < -0.3 is 17.1 Å². The van der Waals surface area contributed by atoms with E-state index in [9.17, 15) is 0 Å². The zero-order valence-electron chi connectivity index (χ0n) is 15.8. The van der Waals surface area contributed by atoms with Crippen LogP contribution in [0.4, 0.5) is 0 Å². The fourth-order valence-corrected chi connectivity index (χ4v) is 15.8. The van der Waals surface area contributed by atoms with Gasteiger partial charge in [0.2, 0.25) is 0 Å². The minimum Gasteiger partial charge on any atom is -0.416 e. The molecule has 0 radical (unpaired) electrons. The SMILES string of the molecule is CCCOC[Si](O[Si](C)(C)C)(O[Si](C)(C)C)O[Si](C)(C)C. The summed E-state index contributed by atoms with van der Waals surface area (Å²) in [6.45, 7) is 22.6. The topological polar surface area (TPSA) is 36.9 Å². The van der Waals surface area contributed by atoms with Crippen molar-refractivity contribution in [3.05, 3.63) is 0 Å². The van der Waals surface area contributed by atoms with E-state index in [2.05, 4.69) is 65.8 Å². The van der Waals surface area contributed by atoms with Crippen molar-refractivity contribution in [1.82, 2.24) is 0 Å². The summed E-state index contributed by atoms with van der Waals surface area (Å²) in [5.74, 6) is 0. The van der Waals surface area contributed by atoms with Crippen LogP contribution in [-0.2, 0) is 17.1 Å². The standard InChI is InChI=1S/C13H36O4Si4/c1-11-12-14-13-21(15-18(2,3)4,16-19(5,6)7)17-20(8,9)10/h11-13H2,1-10H3. The van der Waals surface area contributed by atoms with Gasteiger partial charge in [0, 0.05) is 6.61 Å². The molecular weight excluding hydrogens is 332 g/mol. The molecule has 21 heavy (non-hydrogen) atoms. The van der Waals surface area contributed by atoms with Gasteiger partial charge in [0.15, 0.2) is 25.0 Å². The Balaban J connectivity index is 5.36. The molecule has 0 aromatic carbocycles. The lowest BCUT2D eigenvalue weighted by atomic mass is 10.5. The number of hydrogen-bond acceptors (Lipinski definition) is 4. The van der Waals surface area contributed by atoms with E-state index in [1.807, 2.05) is 0 Å². The summed E-state index contributed by atoms with van der Waals surface area (Å²) in [6.07, 6.45) is 1.48. The van der Waals surface area contributed by atoms with Gasteiger partial charge in [-0.1, -0.05) is 6.92 Å². The summed E-state index contributed by atoms with van der Waals surface area (Å²) in [4.78, 5) is 0. The highest BCUT2D eigenvalue weighted by atomic mass is 28.5. The third-order valence-corrected chi connectivity index (χ3v) is 13.7. The minimum absolute atomic E-state index is 0.486. The van der Waals surface area contributed by atoms with Crippen molar-refractivity contribution >= 4 is 33.8 Å². The lowest BCUT2D eigenvalue weighted by Gasteiger charge is -2.42. The van der Waals surface area contributed by atoms with Crippen molar-refractivity contribution in [2.45, 2.75) is 72.3 Å². The summed E-state index contributed by atoms with van der Waals surface area (Å²) in [5.41, 5.74) is 0. The number of ether oxygens (including phenoxy) is 1. The molecule has 0 spiro atoms. The average molecular weight is 369 g/mol. The van der Waals surface area contributed by atoms with Gasteiger partial charge in [-0.05, 0) is 65.3 Å². The Morgan fingerprint density at radius 3 is 1.19 bits per heavy atom. The predicted octanol–water partition coefficient (Wildman–Crippen LogP) is 4.45. The van der Waals surface area contributed by atoms with Crippen molar-refractivity contribution in [1.29, 1.82) is 0 Å². The monoisotopic (exact) mass is 368 g/mol. The molecule has 0 aliphatic heterocycles. The molecule has 8 heteroatoms. The maximum absolute atomic E-state index is 6.50. The Bertz CT molecular complexity index is 264. The van der Waals surface area contributed by atoms with Crippen LogP contribution in [0.15, 0.2) is 0 Å². The molecule has 0 saturated carbocycles. The maximum Gasteiger partial charge on any atom is 0.496 e. The fraction of sp³-hybridized carbons (Fsp3) is 1.00. The molecule has 0 amide bonds. The van der Waals surface area contributed by atoms with Crippen LogP contribution in [0, 0.1) is 0 Å². The van der Waals surface area contributed by atoms with Gasteiger partial charge >= 0.3 is 8.80 Å². The van der Waals surface area contributed by atoms with Crippen molar-refractivity contribution in [2.75, 3.05) is 12.8 Å². The first-order chi connectivity index (χ1) is 9.18. The summed E-state index contributed by atoms with van der Waals surface area (Å²) in [5, 5.41) is 0. The quantitative estimate of drug-likeness (QED) is 0.422. The summed E-state index contributed by atoms with van der Waals surface area (Å²) < 4.78 is 25.3. The molecule has 4 nitrogen and oxygen atoms in total. The third kappa shape index (κ3) is 11.9. The van der Waals surface area contributed by atoms with Gasteiger partial charge in [-0.25, -0.2) is 0 Å². The number of rotatable bonds is 10. The highest BCUT2D eigenvalue weighted by molar-refractivity contribution is 6.90. The smallest absolute Gasteiger partial charge is 0.416 e. The van der Waals surface area contributed by atoms with Crippen LogP contribution in [0.3, 0.4) is 0 Å². The normalized spacial score (nSPS) is 14.6. The Hall–Kier alpha value is 0.708. The molecule has 0 saturated heterocycles. The molecule has 128 valence electrons. The van der Waals surface area contributed by atoms with E-state index in [1.54, 1.807) is 0 Å². The highest BCUT2D eigenvalue weighted by Crippen LogP contribution is 2.25. The van der Waals surface area contributed by atoms with Crippen LogP contribution < -0.4 is 0 Å². The van der Waals surface area contributed by atoms with Gasteiger partial charge in [-0.3, -0.25) is 0 Å². The molecular formula is C13H36O4Si4. The molecule has 0 heterocycles. The molecule has 0 N–H and O–H groups in total. The molecule has 0 aromatic heterocycles. The minimum atomic E-state index is -2.78. The van der Waals surface area contributed by atoms with Crippen LogP contribution in [-0.4, -0.2) is 46.6 Å². The van der Waals surface area contributed by atoms with Crippen LogP contribution in [0.2, 0.25) is 58.9 Å². The Morgan fingerprint density at radius 1 is 0.619 bits per heavy atom.